The summed E-state index contributed by atoms with van der Waals surface area (Å²) in [6.45, 7) is 5.76. The third kappa shape index (κ3) is 6.74. The molecule has 3 atom stereocenters. The molecule has 2 amide bonds. The van der Waals surface area contributed by atoms with Crippen molar-refractivity contribution in [1.82, 2.24) is 29.2 Å². The highest BCUT2D eigenvalue weighted by atomic mass is 79.9. The predicted molar refractivity (Wildman–Crippen MR) is 179 cm³/mol. The van der Waals surface area contributed by atoms with Gasteiger partial charge in [-0.25, -0.2) is 9.78 Å². The van der Waals surface area contributed by atoms with Crippen LogP contribution in [0.5, 0.6) is 0 Å². The van der Waals surface area contributed by atoms with E-state index in [4.69, 9.17) is 9.72 Å². The lowest BCUT2D eigenvalue weighted by molar-refractivity contribution is -0.141. The Morgan fingerprint density at radius 2 is 1.78 bits per heavy atom. The van der Waals surface area contributed by atoms with E-state index in [1.54, 1.807) is 4.90 Å². The fraction of sp³-hybridized carbons (Fsp3) is 0.556. The van der Waals surface area contributed by atoms with Crippen LogP contribution in [0.4, 0.5) is 4.79 Å². The van der Waals surface area contributed by atoms with Gasteiger partial charge in [0, 0.05) is 56.1 Å². The molecule has 3 aromatic rings. The maximum atomic E-state index is 14.6. The minimum Gasteiger partial charge on any atom is -0.446 e. The van der Waals surface area contributed by atoms with E-state index in [0.717, 1.165) is 73.8 Å². The number of amides is 2. The summed E-state index contributed by atoms with van der Waals surface area (Å²) in [5, 5.41) is 0. The van der Waals surface area contributed by atoms with Gasteiger partial charge in [-0.3, -0.25) is 19.6 Å². The van der Waals surface area contributed by atoms with Gasteiger partial charge in [0.15, 0.2) is 0 Å². The molecular formula is C36H45BrN6O3. The number of fused-ring (bicyclic) bond motifs is 2. The summed E-state index contributed by atoms with van der Waals surface area (Å²) >= 11 is 3.64. The molecular weight excluding hydrogens is 644 g/mol. The van der Waals surface area contributed by atoms with E-state index in [9.17, 15) is 9.59 Å². The number of imidazole rings is 1. The second-order valence-corrected chi connectivity index (χ2v) is 14.6. The molecule has 2 aliphatic heterocycles. The number of hydrogen-bond donors (Lipinski definition) is 0. The quantitative estimate of drug-likeness (QED) is 0.331. The molecule has 244 valence electrons. The maximum Gasteiger partial charge on any atom is 0.410 e. The number of piperidine rings is 1. The largest absolute Gasteiger partial charge is 0.446 e. The van der Waals surface area contributed by atoms with Gasteiger partial charge in [-0.15, -0.1) is 0 Å². The first kappa shape index (κ1) is 31.4. The summed E-state index contributed by atoms with van der Waals surface area (Å²) in [5.74, 6) is 0.375. The van der Waals surface area contributed by atoms with Gasteiger partial charge in [0.1, 0.15) is 12.1 Å². The average Bonchev–Trinajstić information content (AvgIpc) is 3.41. The number of nitrogens with zero attached hydrogens (tertiary/aromatic N) is 6. The van der Waals surface area contributed by atoms with Crippen LogP contribution in [0.3, 0.4) is 0 Å². The number of ether oxygens (including phenoxy) is 1. The summed E-state index contributed by atoms with van der Waals surface area (Å²) in [4.78, 5) is 44.0. The van der Waals surface area contributed by atoms with Crippen molar-refractivity contribution in [1.29, 1.82) is 0 Å². The lowest BCUT2D eigenvalue weighted by Gasteiger charge is -2.45. The number of pyridine rings is 1. The van der Waals surface area contributed by atoms with Crippen LogP contribution in [-0.4, -0.2) is 86.1 Å². The molecule has 1 saturated carbocycles. The molecule has 0 spiro atoms. The van der Waals surface area contributed by atoms with Gasteiger partial charge >= 0.3 is 6.09 Å². The average molecular weight is 690 g/mol. The van der Waals surface area contributed by atoms with Crippen LogP contribution in [0.15, 0.2) is 53.5 Å². The third-order valence-electron chi connectivity index (χ3n) is 10.4. The van der Waals surface area contributed by atoms with E-state index < -0.39 is 6.04 Å². The summed E-state index contributed by atoms with van der Waals surface area (Å²) < 4.78 is 9.21. The molecule has 46 heavy (non-hydrogen) atoms. The minimum absolute atomic E-state index is 0.0303. The van der Waals surface area contributed by atoms with Crippen molar-refractivity contribution in [2.24, 2.45) is 5.92 Å². The summed E-state index contributed by atoms with van der Waals surface area (Å²) in [7, 11) is 0. The SMILES string of the molecule is Cc1cn(C[C@H]2CCCN(C(=O)[C@H]3CN(C4c5ccccc5CCc5cc(Br)cnc54)CCN3C(=O)OC3CCCCC3)C2)cn1. The number of likely N-dealkylation sites (tertiary alicyclic amines) is 1. The zero-order valence-corrected chi connectivity index (χ0v) is 28.4. The molecule has 10 heteroatoms. The Hall–Kier alpha value is -3.24. The van der Waals surface area contributed by atoms with Crippen LogP contribution in [0, 0.1) is 12.8 Å². The number of hydrogen-bond acceptors (Lipinski definition) is 6. The van der Waals surface area contributed by atoms with Crippen molar-refractivity contribution >= 4 is 27.9 Å². The minimum atomic E-state index is -0.617. The summed E-state index contributed by atoms with van der Waals surface area (Å²) in [6.07, 6.45) is 14.5. The summed E-state index contributed by atoms with van der Waals surface area (Å²) in [6, 6.07) is 10.1. The Morgan fingerprint density at radius 3 is 2.61 bits per heavy atom. The molecule has 3 fully saturated rings. The Kier molecular flexibility index (Phi) is 9.45. The number of carbonyl (C=O) groups is 2. The summed E-state index contributed by atoms with van der Waals surface area (Å²) in [5.41, 5.74) is 5.84. The zero-order chi connectivity index (χ0) is 31.6. The van der Waals surface area contributed by atoms with Gasteiger partial charge in [-0.05, 0) is 103 Å². The van der Waals surface area contributed by atoms with Crippen molar-refractivity contribution < 1.29 is 14.3 Å². The highest BCUT2D eigenvalue weighted by Gasteiger charge is 2.43. The van der Waals surface area contributed by atoms with Crippen LogP contribution in [0.25, 0.3) is 0 Å². The molecule has 2 aromatic heterocycles. The molecule has 0 radical (unpaired) electrons. The smallest absolute Gasteiger partial charge is 0.410 e. The normalized spacial score (nSPS) is 24.2. The van der Waals surface area contributed by atoms with Crippen molar-refractivity contribution in [3.8, 4) is 0 Å². The van der Waals surface area contributed by atoms with Gasteiger partial charge < -0.3 is 14.2 Å². The fourth-order valence-corrected chi connectivity index (χ4v) is 8.49. The molecule has 4 heterocycles. The van der Waals surface area contributed by atoms with Crippen LogP contribution in [-0.2, 0) is 28.9 Å². The van der Waals surface area contributed by atoms with Crippen molar-refractivity contribution in [3.63, 3.8) is 0 Å². The Labute approximate surface area is 280 Å². The van der Waals surface area contributed by atoms with Crippen LogP contribution in [0.1, 0.15) is 79.1 Å². The Balaban J connectivity index is 1.17. The second-order valence-electron chi connectivity index (χ2n) is 13.7. The van der Waals surface area contributed by atoms with E-state index >= 15 is 0 Å². The third-order valence-corrected chi connectivity index (χ3v) is 10.9. The van der Waals surface area contributed by atoms with Gasteiger partial charge in [-0.1, -0.05) is 30.7 Å². The van der Waals surface area contributed by atoms with E-state index in [-0.39, 0.29) is 24.1 Å². The molecule has 7 rings (SSSR count). The highest BCUT2D eigenvalue weighted by Crippen LogP contribution is 2.38. The molecule has 1 unspecified atom stereocenters. The number of aromatic nitrogens is 3. The second kappa shape index (κ2) is 13.9. The molecule has 9 nitrogen and oxygen atoms in total. The van der Waals surface area contributed by atoms with Crippen LogP contribution in [0.2, 0.25) is 0 Å². The zero-order valence-electron chi connectivity index (χ0n) is 26.8. The van der Waals surface area contributed by atoms with Crippen molar-refractivity contribution in [3.05, 3.63) is 81.6 Å². The molecule has 0 bridgehead atoms. The van der Waals surface area contributed by atoms with E-state index in [2.05, 4.69) is 66.9 Å². The molecule has 2 aliphatic carbocycles. The Morgan fingerprint density at radius 1 is 0.957 bits per heavy atom. The monoisotopic (exact) mass is 688 g/mol. The van der Waals surface area contributed by atoms with E-state index in [1.165, 1.54) is 23.1 Å². The number of piperazine rings is 1. The van der Waals surface area contributed by atoms with Gasteiger partial charge in [-0.2, -0.15) is 0 Å². The van der Waals surface area contributed by atoms with Crippen LogP contribution >= 0.6 is 15.9 Å². The van der Waals surface area contributed by atoms with Crippen molar-refractivity contribution in [2.75, 3.05) is 32.7 Å². The van der Waals surface area contributed by atoms with Crippen LogP contribution < -0.4 is 0 Å². The molecule has 2 saturated heterocycles. The molecule has 0 N–H and O–H groups in total. The number of benzene rings is 1. The van der Waals surface area contributed by atoms with E-state index in [0.29, 0.717) is 38.6 Å². The molecule has 4 aliphatic rings. The lowest BCUT2D eigenvalue weighted by Crippen LogP contribution is -2.62. The Bertz CT molecular complexity index is 1550. The standard InChI is InChI=1S/C36H45BrN6O3/c1-25-20-40(24-39-25)21-26-8-7-15-42(22-26)35(44)32-23-41(16-17-43(32)36(45)46-30-10-3-2-4-11-30)34-31-12-6-5-9-27(31)13-14-28-18-29(37)19-38-33(28)34/h5-6,9,12,18-20,24,26,30,32,34H,2-4,7-8,10-11,13-17,21-23H2,1H3/t26-,32-,34?/m1/s1. The first-order valence-electron chi connectivity index (χ1n) is 17.1. The van der Waals surface area contributed by atoms with Gasteiger partial charge in [0.25, 0.3) is 0 Å². The topological polar surface area (TPSA) is 83.8 Å². The number of aryl methyl sites for hydroxylation is 3. The van der Waals surface area contributed by atoms with Gasteiger partial charge in [0.05, 0.1) is 23.8 Å². The first-order valence-corrected chi connectivity index (χ1v) is 17.9. The molecule has 1 aromatic carbocycles. The van der Waals surface area contributed by atoms with Gasteiger partial charge in [0.2, 0.25) is 5.91 Å². The highest BCUT2D eigenvalue weighted by molar-refractivity contribution is 9.10. The first-order chi connectivity index (χ1) is 22.4. The number of rotatable bonds is 5. The predicted octanol–water partition coefficient (Wildman–Crippen LogP) is 5.93. The number of carbonyl (C=O) groups excluding carboxylic acids is 2. The fourth-order valence-electron chi connectivity index (χ4n) is 8.11. The number of halogens is 1. The lowest BCUT2D eigenvalue weighted by atomic mass is 9.94. The maximum absolute atomic E-state index is 14.6. The van der Waals surface area contributed by atoms with E-state index in [1.807, 2.05) is 24.3 Å². The van der Waals surface area contributed by atoms with Crippen molar-refractivity contribution in [2.45, 2.75) is 89.4 Å².